The fourth-order valence-corrected chi connectivity index (χ4v) is 2.15. The van der Waals surface area contributed by atoms with E-state index in [1.54, 1.807) is 0 Å². The molecule has 6 nitrogen and oxygen atoms in total. The van der Waals surface area contributed by atoms with Gasteiger partial charge in [-0.2, -0.15) is 0 Å². The topological polar surface area (TPSA) is 95.6 Å². The summed E-state index contributed by atoms with van der Waals surface area (Å²) in [5, 5.41) is 33.3. The average molecular weight is 266 g/mol. The molecule has 1 aromatic carbocycles. The van der Waals surface area contributed by atoms with Crippen molar-refractivity contribution >= 4 is 5.69 Å². The first kappa shape index (κ1) is 13.9. The zero-order valence-corrected chi connectivity index (χ0v) is 10.5. The molecule has 1 saturated carbocycles. The third-order valence-corrected chi connectivity index (χ3v) is 3.58. The van der Waals surface area contributed by atoms with Gasteiger partial charge in [0.15, 0.2) is 0 Å². The van der Waals surface area contributed by atoms with E-state index < -0.39 is 17.1 Å². The van der Waals surface area contributed by atoms with Crippen molar-refractivity contribution in [3.05, 3.63) is 39.9 Å². The van der Waals surface area contributed by atoms with Crippen LogP contribution < -0.4 is 5.32 Å². The highest BCUT2D eigenvalue weighted by molar-refractivity contribution is 5.34. The predicted molar refractivity (Wildman–Crippen MR) is 69.7 cm³/mol. The number of hydrogen-bond acceptors (Lipinski definition) is 5. The second-order valence-electron chi connectivity index (χ2n) is 4.88. The van der Waals surface area contributed by atoms with Crippen molar-refractivity contribution in [1.29, 1.82) is 0 Å². The molecule has 1 fully saturated rings. The van der Waals surface area contributed by atoms with Gasteiger partial charge >= 0.3 is 0 Å². The predicted octanol–water partition coefficient (Wildman–Crippen LogP) is 1.13. The average Bonchev–Trinajstić information content (AvgIpc) is 2.37. The molecule has 104 valence electrons. The Labute approximate surface area is 111 Å². The molecule has 2 rings (SSSR count). The summed E-state index contributed by atoms with van der Waals surface area (Å²) in [7, 11) is 0. The van der Waals surface area contributed by atoms with Crippen LogP contribution in [0.4, 0.5) is 5.69 Å². The summed E-state index contributed by atoms with van der Waals surface area (Å²) >= 11 is 0. The van der Waals surface area contributed by atoms with E-state index in [4.69, 9.17) is 0 Å². The lowest BCUT2D eigenvalue weighted by molar-refractivity contribution is -0.384. The molecule has 0 aromatic heterocycles. The number of nitro benzene ring substituents is 1. The lowest BCUT2D eigenvalue weighted by atomic mass is 9.91. The largest absolute Gasteiger partial charge is 0.395 e. The molecular weight excluding hydrogens is 248 g/mol. The maximum absolute atomic E-state index is 10.6. The molecule has 0 spiro atoms. The standard InChI is InChI=1S/C13H18N2O4/c16-8-12(14-10-2-1-3-10)13(17)9-4-6-11(7-5-9)15(18)19/h4-7,10,12-14,16-17H,1-3,8H2. The second kappa shape index (κ2) is 6.10. The molecule has 3 N–H and O–H groups in total. The molecular formula is C13H18N2O4. The summed E-state index contributed by atoms with van der Waals surface area (Å²) < 4.78 is 0. The van der Waals surface area contributed by atoms with Crippen molar-refractivity contribution in [1.82, 2.24) is 5.32 Å². The quantitative estimate of drug-likeness (QED) is 0.530. The fourth-order valence-electron chi connectivity index (χ4n) is 2.15. The number of hydrogen-bond donors (Lipinski definition) is 3. The summed E-state index contributed by atoms with van der Waals surface area (Å²) in [6.45, 7) is -0.172. The van der Waals surface area contributed by atoms with Gasteiger partial charge in [-0.1, -0.05) is 6.42 Å². The molecule has 6 heteroatoms. The molecule has 0 saturated heterocycles. The van der Waals surface area contributed by atoms with E-state index in [1.165, 1.54) is 30.7 Å². The smallest absolute Gasteiger partial charge is 0.269 e. The van der Waals surface area contributed by atoms with Crippen LogP contribution in [0.2, 0.25) is 0 Å². The van der Waals surface area contributed by atoms with Crippen LogP contribution in [0.15, 0.2) is 24.3 Å². The molecule has 1 aliphatic rings. The maximum atomic E-state index is 10.6. The highest BCUT2D eigenvalue weighted by Gasteiger charge is 2.26. The Hall–Kier alpha value is -1.50. The number of benzene rings is 1. The first-order valence-corrected chi connectivity index (χ1v) is 6.41. The van der Waals surface area contributed by atoms with E-state index in [1.807, 2.05) is 0 Å². The van der Waals surface area contributed by atoms with E-state index in [0.29, 0.717) is 11.6 Å². The number of rotatable bonds is 6. The Balaban J connectivity index is 2.03. The van der Waals surface area contributed by atoms with Crippen LogP contribution in [-0.4, -0.2) is 33.8 Å². The third-order valence-electron chi connectivity index (χ3n) is 3.58. The molecule has 1 aliphatic carbocycles. The Kier molecular flexibility index (Phi) is 4.47. The van der Waals surface area contributed by atoms with Gasteiger partial charge < -0.3 is 15.5 Å². The number of aliphatic hydroxyl groups is 2. The number of nitrogens with zero attached hydrogens (tertiary/aromatic N) is 1. The molecule has 2 unspecified atom stereocenters. The number of aliphatic hydroxyl groups excluding tert-OH is 2. The van der Waals surface area contributed by atoms with Crippen molar-refractivity contribution < 1.29 is 15.1 Å². The fraction of sp³-hybridized carbons (Fsp3) is 0.538. The lowest BCUT2D eigenvalue weighted by Gasteiger charge is -2.33. The van der Waals surface area contributed by atoms with E-state index in [9.17, 15) is 20.3 Å². The van der Waals surface area contributed by atoms with Crippen LogP contribution in [0.25, 0.3) is 0 Å². The van der Waals surface area contributed by atoms with Crippen LogP contribution in [0, 0.1) is 10.1 Å². The Morgan fingerprint density at radius 2 is 2.00 bits per heavy atom. The molecule has 0 radical (unpaired) electrons. The Bertz CT molecular complexity index is 431. The summed E-state index contributed by atoms with van der Waals surface area (Å²) in [6.07, 6.45) is 2.42. The monoisotopic (exact) mass is 266 g/mol. The minimum absolute atomic E-state index is 0.0107. The minimum atomic E-state index is -0.869. The number of nitro groups is 1. The first-order chi connectivity index (χ1) is 9.11. The molecule has 0 heterocycles. The first-order valence-electron chi connectivity index (χ1n) is 6.41. The Morgan fingerprint density at radius 1 is 1.37 bits per heavy atom. The van der Waals surface area contributed by atoms with E-state index in [2.05, 4.69) is 5.32 Å². The van der Waals surface area contributed by atoms with Gasteiger partial charge in [0.05, 0.1) is 23.7 Å². The second-order valence-corrected chi connectivity index (χ2v) is 4.88. The van der Waals surface area contributed by atoms with Gasteiger partial charge in [-0.25, -0.2) is 0 Å². The zero-order valence-electron chi connectivity index (χ0n) is 10.5. The van der Waals surface area contributed by atoms with Gasteiger partial charge in [-0.15, -0.1) is 0 Å². The summed E-state index contributed by atoms with van der Waals surface area (Å²) in [5.74, 6) is 0. The van der Waals surface area contributed by atoms with Gasteiger partial charge in [0, 0.05) is 18.2 Å². The summed E-state index contributed by atoms with van der Waals surface area (Å²) in [6, 6.07) is 5.67. The van der Waals surface area contributed by atoms with Crippen molar-refractivity contribution in [2.24, 2.45) is 0 Å². The van der Waals surface area contributed by atoms with Crippen molar-refractivity contribution in [2.45, 2.75) is 37.5 Å². The van der Waals surface area contributed by atoms with Gasteiger partial charge in [-0.05, 0) is 30.5 Å². The normalized spacial score (nSPS) is 18.6. The van der Waals surface area contributed by atoms with E-state index >= 15 is 0 Å². The highest BCUT2D eigenvalue weighted by Crippen LogP contribution is 2.24. The molecule has 2 atom stereocenters. The van der Waals surface area contributed by atoms with Gasteiger partial charge in [-0.3, -0.25) is 10.1 Å². The van der Waals surface area contributed by atoms with E-state index in [0.717, 1.165) is 12.8 Å². The SMILES string of the molecule is O=[N+]([O-])c1ccc(C(O)C(CO)NC2CCC2)cc1. The molecule has 19 heavy (non-hydrogen) atoms. The summed E-state index contributed by atoms with van der Waals surface area (Å²) in [5.41, 5.74) is 0.555. The maximum Gasteiger partial charge on any atom is 0.269 e. The van der Waals surface area contributed by atoms with Crippen molar-refractivity contribution in [3.63, 3.8) is 0 Å². The molecule has 0 amide bonds. The summed E-state index contributed by atoms with van der Waals surface area (Å²) in [4.78, 5) is 10.1. The van der Waals surface area contributed by atoms with Crippen molar-refractivity contribution in [2.75, 3.05) is 6.61 Å². The molecule has 1 aromatic rings. The van der Waals surface area contributed by atoms with E-state index in [-0.39, 0.29) is 12.3 Å². The molecule has 0 bridgehead atoms. The van der Waals surface area contributed by atoms with Crippen LogP contribution in [0.1, 0.15) is 30.9 Å². The van der Waals surface area contributed by atoms with Crippen LogP contribution >= 0.6 is 0 Å². The van der Waals surface area contributed by atoms with Crippen molar-refractivity contribution in [3.8, 4) is 0 Å². The third kappa shape index (κ3) is 3.28. The van der Waals surface area contributed by atoms with Gasteiger partial charge in [0.25, 0.3) is 5.69 Å². The molecule has 0 aliphatic heterocycles. The zero-order chi connectivity index (χ0) is 13.8. The number of non-ortho nitro benzene ring substituents is 1. The highest BCUT2D eigenvalue weighted by atomic mass is 16.6. The lowest BCUT2D eigenvalue weighted by Crippen LogP contribution is -2.47. The minimum Gasteiger partial charge on any atom is -0.395 e. The van der Waals surface area contributed by atoms with Gasteiger partial charge in [0.1, 0.15) is 0 Å². The Morgan fingerprint density at radius 3 is 2.42 bits per heavy atom. The van der Waals surface area contributed by atoms with Gasteiger partial charge in [0.2, 0.25) is 0 Å². The van der Waals surface area contributed by atoms with Crippen LogP contribution in [0.3, 0.4) is 0 Å². The van der Waals surface area contributed by atoms with Crippen LogP contribution in [0.5, 0.6) is 0 Å². The van der Waals surface area contributed by atoms with Crippen LogP contribution in [-0.2, 0) is 0 Å². The number of nitrogens with one attached hydrogen (secondary N) is 1.